The third kappa shape index (κ3) is 5.85. The van der Waals surface area contributed by atoms with Crippen LogP contribution in [0.25, 0.3) is 0 Å². The van der Waals surface area contributed by atoms with Gasteiger partial charge in [-0.2, -0.15) is 0 Å². The molecule has 1 aromatic rings. The van der Waals surface area contributed by atoms with Gasteiger partial charge < -0.3 is 10.2 Å². The first-order chi connectivity index (χ1) is 8.11. The first-order valence-electron chi connectivity index (χ1n) is 6.57. The Morgan fingerprint density at radius 2 is 1.71 bits per heavy atom. The summed E-state index contributed by atoms with van der Waals surface area (Å²) in [5.41, 5.74) is 2.79. The third-order valence-electron chi connectivity index (χ3n) is 3.10. The second-order valence-electron chi connectivity index (χ2n) is 5.04. The average Bonchev–Trinajstić information content (AvgIpc) is 2.34. The number of nitrogens with zero attached hydrogens (tertiary/aromatic N) is 1. The van der Waals surface area contributed by atoms with Crippen LogP contribution in [0.4, 0.5) is 0 Å². The first kappa shape index (κ1) is 14.2. The molecule has 17 heavy (non-hydrogen) atoms. The molecule has 0 aliphatic rings. The van der Waals surface area contributed by atoms with Gasteiger partial charge in [0, 0.05) is 12.6 Å². The van der Waals surface area contributed by atoms with Crippen LogP contribution >= 0.6 is 0 Å². The highest BCUT2D eigenvalue weighted by Crippen LogP contribution is 2.05. The minimum absolute atomic E-state index is 0.572. The molecule has 0 heterocycles. The zero-order valence-corrected chi connectivity index (χ0v) is 11.7. The Bertz CT molecular complexity index is 303. The zero-order valence-electron chi connectivity index (χ0n) is 11.7. The summed E-state index contributed by atoms with van der Waals surface area (Å²) in [6.45, 7) is 6.56. The summed E-state index contributed by atoms with van der Waals surface area (Å²) in [7, 11) is 4.24. The summed E-state index contributed by atoms with van der Waals surface area (Å²) in [5, 5.41) is 3.57. The molecule has 1 atom stereocenters. The van der Waals surface area contributed by atoms with E-state index in [1.807, 2.05) is 0 Å². The standard InChI is InChI=1S/C15H26N2/c1-5-14-6-8-15(9-7-14)12-16-13(2)10-11-17(3)4/h6-9,13,16H,5,10-12H2,1-4H3. The van der Waals surface area contributed by atoms with E-state index < -0.39 is 0 Å². The maximum atomic E-state index is 3.57. The number of hydrogen-bond acceptors (Lipinski definition) is 2. The van der Waals surface area contributed by atoms with Gasteiger partial charge in [0.05, 0.1) is 0 Å². The van der Waals surface area contributed by atoms with Crippen molar-refractivity contribution in [2.24, 2.45) is 0 Å². The van der Waals surface area contributed by atoms with Crippen molar-refractivity contribution in [3.05, 3.63) is 35.4 Å². The monoisotopic (exact) mass is 234 g/mol. The van der Waals surface area contributed by atoms with Crippen molar-refractivity contribution >= 4 is 0 Å². The predicted octanol–water partition coefficient (Wildman–Crippen LogP) is 2.68. The molecule has 96 valence electrons. The predicted molar refractivity (Wildman–Crippen MR) is 75.3 cm³/mol. The lowest BCUT2D eigenvalue weighted by atomic mass is 10.1. The van der Waals surface area contributed by atoms with E-state index in [9.17, 15) is 0 Å². The molecule has 2 nitrogen and oxygen atoms in total. The lowest BCUT2D eigenvalue weighted by molar-refractivity contribution is 0.365. The van der Waals surface area contributed by atoms with E-state index in [0.29, 0.717) is 6.04 Å². The van der Waals surface area contributed by atoms with Crippen molar-refractivity contribution in [2.45, 2.75) is 39.3 Å². The van der Waals surface area contributed by atoms with Crippen molar-refractivity contribution in [1.29, 1.82) is 0 Å². The van der Waals surface area contributed by atoms with Crippen LogP contribution < -0.4 is 5.32 Å². The van der Waals surface area contributed by atoms with Crippen molar-refractivity contribution in [3.8, 4) is 0 Å². The summed E-state index contributed by atoms with van der Waals surface area (Å²) in [4.78, 5) is 2.23. The molecule has 0 saturated carbocycles. The van der Waals surface area contributed by atoms with E-state index in [1.54, 1.807) is 0 Å². The van der Waals surface area contributed by atoms with E-state index in [0.717, 1.165) is 19.5 Å². The lowest BCUT2D eigenvalue weighted by Crippen LogP contribution is -2.29. The Labute approximate surface area is 106 Å². The van der Waals surface area contributed by atoms with E-state index in [1.165, 1.54) is 17.5 Å². The van der Waals surface area contributed by atoms with Crippen LogP contribution in [0, 0.1) is 0 Å². The number of benzene rings is 1. The Morgan fingerprint density at radius 1 is 1.12 bits per heavy atom. The van der Waals surface area contributed by atoms with Crippen LogP contribution in [0.5, 0.6) is 0 Å². The highest BCUT2D eigenvalue weighted by Gasteiger charge is 2.02. The molecule has 0 radical (unpaired) electrons. The largest absolute Gasteiger partial charge is 0.310 e. The molecule has 1 rings (SSSR count). The van der Waals surface area contributed by atoms with Gasteiger partial charge in [0.1, 0.15) is 0 Å². The number of hydrogen-bond donors (Lipinski definition) is 1. The van der Waals surface area contributed by atoms with Gasteiger partial charge in [0.2, 0.25) is 0 Å². The van der Waals surface area contributed by atoms with Crippen molar-refractivity contribution in [3.63, 3.8) is 0 Å². The molecule has 1 unspecified atom stereocenters. The summed E-state index contributed by atoms with van der Waals surface area (Å²) in [6.07, 6.45) is 2.31. The Kier molecular flexibility index (Phi) is 6.23. The van der Waals surface area contributed by atoms with Crippen LogP contribution in [-0.2, 0) is 13.0 Å². The smallest absolute Gasteiger partial charge is 0.0207 e. The maximum Gasteiger partial charge on any atom is 0.0207 e. The van der Waals surface area contributed by atoms with Crippen LogP contribution in [0.3, 0.4) is 0 Å². The Balaban J connectivity index is 2.29. The quantitative estimate of drug-likeness (QED) is 0.780. The average molecular weight is 234 g/mol. The molecule has 1 aromatic carbocycles. The molecule has 0 amide bonds. The van der Waals surface area contributed by atoms with Crippen molar-refractivity contribution in [1.82, 2.24) is 10.2 Å². The maximum absolute atomic E-state index is 3.57. The molecule has 0 aliphatic carbocycles. The summed E-state index contributed by atoms with van der Waals surface area (Å²) in [6, 6.07) is 9.47. The fraction of sp³-hybridized carbons (Fsp3) is 0.600. The summed E-state index contributed by atoms with van der Waals surface area (Å²) < 4.78 is 0. The minimum Gasteiger partial charge on any atom is -0.310 e. The third-order valence-corrected chi connectivity index (χ3v) is 3.10. The fourth-order valence-electron chi connectivity index (χ4n) is 1.74. The molecular formula is C15H26N2. The molecule has 0 bridgehead atoms. The highest BCUT2D eigenvalue weighted by molar-refractivity contribution is 5.22. The molecule has 1 N–H and O–H groups in total. The van der Waals surface area contributed by atoms with E-state index >= 15 is 0 Å². The minimum atomic E-state index is 0.572. The normalized spacial score (nSPS) is 13.0. The van der Waals surface area contributed by atoms with Crippen LogP contribution in [0.1, 0.15) is 31.4 Å². The molecule has 0 aliphatic heterocycles. The first-order valence-corrected chi connectivity index (χ1v) is 6.57. The molecule has 0 saturated heterocycles. The van der Waals surface area contributed by atoms with Gasteiger partial charge in [-0.25, -0.2) is 0 Å². The van der Waals surface area contributed by atoms with Crippen LogP contribution in [0.2, 0.25) is 0 Å². The van der Waals surface area contributed by atoms with E-state index in [-0.39, 0.29) is 0 Å². The van der Waals surface area contributed by atoms with Gasteiger partial charge in [0.25, 0.3) is 0 Å². The number of rotatable bonds is 7. The SMILES string of the molecule is CCc1ccc(CNC(C)CCN(C)C)cc1. The van der Waals surface area contributed by atoms with Gasteiger partial charge in [-0.1, -0.05) is 31.2 Å². The van der Waals surface area contributed by atoms with Crippen molar-refractivity contribution < 1.29 is 0 Å². The van der Waals surface area contributed by atoms with E-state index in [4.69, 9.17) is 0 Å². The van der Waals surface area contributed by atoms with E-state index in [2.05, 4.69) is 62.4 Å². The van der Waals surface area contributed by atoms with Gasteiger partial charge >= 0.3 is 0 Å². The molecule has 0 spiro atoms. The van der Waals surface area contributed by atoms with Gasteiger partial charge in [0.15, 0.2) is 0 Å². The number of nitrogens with one attached hydrogen (secondary N) is 1. The number of aryl methyl sites for hydroxylation is 1. The second kappa shape index (κ2) is 7.46. The Hall–Kier alpha value is -0.860. The lowest BCUT2D eigenvalue weighted by Gasteiger charge is -2.16. The molecule has 0 fully saturated rings. The van der Waals surface area contributed by atoms with Gasteiger partial charge in [-0.3, -0.25) is 0 Å². The van der Waals surface area contributed by atoms with Crippen LogP contribution in [0.15, 0.2) is 24.3 Å². The van der Waals surface area contributed by atoms with Crippen molar-refractivity contribution in [2.75, 3.05) is 20.6 Å². The summed E-state index contributed by atoms with van der Waals surface area (Å²) in [5.74, 6) is 0. The topological polar surface area (TPSA) is 15.3 Å². The molecule has 0 aromatic heterocycles. The molecular weight excluding hydrogens is 208 g/mol. The Morgan fingerprint density at radius 3 is 2.24 bits per heavy atom. The van der Waals surface area contributed by atoms with Gasteiger partial charge in [-0.15, -0.1) is 0 Å². The fourth-order valence-corrected chi connectivity index (χ4v) is 1.74. The highest BCUT2D eigenvalue weighted by atomic mass is 15.1. The zero-order chi connectivity index (χ0) is 12.7. The van der Waals surface area contributed by atoms with Gasteiger partial charge in [-0.05, 0) is 51.5 Å². The summed E-state index contributed by atoms with van der Waals surface area (Å²) >= 11 is 0. The van der Waals surface area contributed by atoms with Crippen LogP contribution in [-0.4, -0.2) is 31.6 Å². The molecule has 2 heteroatoms. The second-order valence-corrected chi connectivity index (χ2v) is 5.04.